The second-order valence-electron chi connectivity index (χ2n) is 4.91. The first-order valence-electron chi connectivity index (χ1n) is 7.06. The van der Waals surface area contributed by atoms with E-state index in [4.69, 9.17) is 5.73 Å². The molecular weight excluding hydrogens is 254 g/mol. The van der Waals surface area contributed by atoms with Crippen molar-refractivity contribution >= 4 is 17.3 Å². The third-order valence-corrected chi connectivity index (χ3v) is 3.64. The Morgan fingerprint density at radius 2 is 2.00 bits per heavy atom. The highest BCUT2D eigenvalue weighted by Crippen LogP contribution is 2.21. The molecule has 5 N–H and O–H groups in total. The van der Waals surface area contributed by atoms with Crippen LogP contribution in [0.3, 0.4) is 0 Å². The summed E-state index contributed by atoms with van der Waals surface area (Å²) in [5.74, 6) is 0.111. The second kappa shape index (κ2) is 7.75. The molecule has 1 rings (SSSR count). The molecule has 0 aromatic heterocycles. The largest absolute Gasteiger partial charge is 0.397 e. The van der Waals surface area contributed by atoms with Crippen LogP contribution >= 0.6 is 0 Å². The number of benzene rings is 1. The van der Waals surface area contributed by atoms with Gasteiger partial charge >= 0.3 is 0 Å². The van der Waals surface area contributed by atoms with Crippen LogP contribution in [0.4, 0.5) is 11.4 Å². The summed E-state index contributed by atoms with van der Waals surface area (Å²) >= 11 is 0. The number of hydrogen-bond donors (Lipinski definition) is 4. The fourth-order valence-electron chi connectivity index (χ4n) is 2.21. The molecule has 112 valence electrons. The van der Waals surface area contributed by atoms with Gasteiger partial charge in [0.25, 0.3) is 5.91 Å². The lowest BCUT2D eigenvalue weighted by molar-refractivity contribution is 0.0963. The number of aliphatic hydroxyl groups is 1. The Morgan fingerprint density at radius 1 is 1.35 bits per heavy atom. The van der Waals surface area contributed by atoms with Crippen LogP contribution in [0.5, 0.6) is 0 Å². The molecule has 0 bridgehead atoms. The van der Waals surface area contributed by atoms with Crippen LogP contribution in [0.25, 0.3) is 0 Å². The van der Waals surface area contributed by atoms with Crippen molar-refractivity contribution in [3.8, 4) is 0 Å². The van der Waals surface area contributed by atoms with Gasteiger partial charge in [0.2, 0.25) is 0 Å². The number of anilines is 2. The van der Waals surface area contributed by atoms with Gasteiger partial charge in [0.1, 0.15) is 0 Å². The quantitative estimate of drug-likeness (QED) is 0.574. The van der Waals surface area contributed by atoms with Gasteiger partial charge < -0.3 is 21.5 Å². The number of amides is 1. The molecule has 1 aromatic carbocycles. The van der Waals surface area contributed by atoms with Crippen molar-refractivity contribution in [3.63, 3.8) is 0 Å². The minimum Gasteiger partial charge on any atom is -0.397 e. The van der Waals surface area contributed by atoms with Gasteiger partial charge in [-0.2, -0.15) is 0 Å². The van der Waals surface area contributed by atoms with Gasteiger partial charge in [-0.3, -0.25) is 4.79 Å². The van der Waals surface area contributed by atoms with E-state index in [1.807, 2.05) is 0 Å². The molecule has 1 amide bonds. The topological polar surface area (TPSA) is 87.4 Å². The Labute approximate surface area is 120 Å². The minimum absolute atomic E-state index is 0.159. The van der Waals surface area contributed by atoms with E-state index in [-0.39, 0.29) is 11.8 Å². The van der Waals surface area contributed by atoms with Gasteiger partial charge in [-0.1, -0.05) is 26.7 Å². The second-order valence-corrected chi connectivity index (χ2v) is 4.91. The molecule has 1 aromatic rings. The predicted octanol–water partition coefficient (Wildman–Crippen LogP) is 1.84. The summed E-state index contributed by atoms with van der Waals surface area (Å²) < 4.78 is 0. The van der Waals surface area contributed by atoms with Crippen molar-refractivity contribution in [1.82, 2.24) is 5.32 Å². The Hall–Kier alpha value is -1.75. The molecule has 0 radical (unpaired) electrons. The molecule has 0 spiro atoms. The molecular formula is C15H25N3O2. The Kier molecular flexibility index (Phi) is 6.31. The number of nitrogen functional groups attached to an aromatic ring is 1. The van der Waals surface area contributed by atoms with Gasteiger partial charge in [0, 0.05) is 19.2 Å². The number of nitrogens with one attached hydrogen (secondary N) is 2. The average molecular weight is 279 g/mol. The van der Waals surface area contributed by atoms with E-state index in [2.05, 4.69) is 24.5 Å². The van der Waals surface area contributed by atoms with Crippen LogP contribution < -0.4 is 16.4 Å². The number of hydrogen-bond acceptors (Lipinski definition) is 4. The number of nitrogens with two attached hydrogens (primary N) is 1. The SMILES string of the molecule is CCC(CC)C(O)CNc1cc(C(=O)NC)ccc1N. The molecule has 20 heavy (non-hydrogen) atoms. The number of carbonyl (C=O) groups is 1. The maximum absolute atomic E-state index is 11.6. The van der Waals surface area contributed by atoms with E-state index in [0.717, 1.165) is 12.8 Å². The lowest BCUT2D eigenvalue weighted by Crippen LogP contribution is -2.28. The van der Waals surface area contributed by atoms with E-state index in [0.29, 0.717) is 23.5 Å². The number of rotatable bonds is 7. The summed E-state index contributed by atoms with van der Waals surface area (Å²) in [5.41, 5.74) is 7.67. The zero-order valence-electron chi connectivity index (χ0n) is 12.4. The normalized spacial score (nSPS) is 12.2. The molecule has 0 aliphatic rings. The summed E-state index contributed by atoms with van der Waals surface area (Å²) in [4.78, 5) is 11.6. The third-order valence-electron chi connectivity index (χ3n) is 3.64. The van der Waals surface area contributed by atoms with E-state index in [1.165, 1.54) is 0 Å². The molecule has 0 saturated heterocycles. The lowest BCUT2D eigenvalue weighted by atomic mass is 9.96. The monoisotopic (exact) mass is 279 g/mol. The zero-order chi connectivity index (χ0) is 15.1. The molecule has 5 heteroatoms. The van der Waals surface area contributed by atoms with E-state index >= 15 is 0 Å². The van der Waals surface area contributed by atoms with Crippen molar-refractivity contribution < 1.29 is 9.90 Å². The first-order valence-corrected chi connectivity index (χ1v) is 7.06. The molecule has 5 nitrogen and oxygen atoms in total. The summed E-state index contributed by atoms with van der Waals surface area (Å²) in [5, 5.41) is 15.8. The van der Waals surface area contributed by atoms with Crippen LogP contribution in [0.2, 0.25) is 0 Å². The van der Waals surface area contributed by atoms with Gasteiger partial charge in [-0.05, 0) is 24.1 Å². The highest BCUT2D eigenvalue weighted by atomic mass is 16.3. The summed E-state index contributed by atoms with van der Waals surface area (Å²) in [6.45, 7) is 4.56. The average Bonchev–Trinajstić information content (AvgIpc) is 2.46. The van der Waals surface area contributed by atoms with Crippen molar-refractivity contribution in [2.45, 2.75) is 32.8 Å². The number of carbonyl (C=O) groups excluding carboxylic acids is 1. The molecule has 0 fully saturated rings. The standard InChI is InChI=1S/C15H25N3O2/c1-4-10(5-2)14(19)9-18-13-8-11(15(20)17-3)6-7-12(13)16/h6-8,10,14,18-19H,4-5,9,16H2,1-3H3,(H,17,20). The van der Waals surface area contributed by atoms with Crippen molar-refractivity contribution in [1.29, 1.82) is 0 Å². The van der Waals surface area contributed by atoms with Crippen LogP contribution in [0, 0.1) is 5.92 Å². The fourth-order valence-corrected chi connectivity index (χ4v) is 2.21. The minimum atomic E-state index is -0.423. The van der Waals surface area contributed by atoms with Crippen molar-refractivity contribution in [2.75, 3.05) is 24.6 Å². The lowest BCUT2D eigenvalue weighted by Gasteiger charge is -2.21. The van der Waals surface area contributed by atoms with Gasteiger partial charge in [0.05, 0.1) is 17.5 Å². The predicted molar refractivity (Wildman–Crippen MR) is 82.8 cm³/mol. The summed E-state index contributed by atoms with van der Waals surface area (Å²) in [7, 11) is 1.59. The molecule has 1 atom stereocenters. The molecule has 0 heterocycles. The highest BCUT2D eigenvalue weighted by Gasteiger charge is 2.15. The first kappa shape index (κ1) is 16.3. The van der Waals surface area contributed by atoms with E-state index in [1.54, 1.807) is 25.2 Å². The third kappa shape index (κ3) is 4.13. The molecule has 1 unspecified atom stereocenters. The zero-order valence-corrected chi connectivity index (χ0v) is 12.4. The van der Waals surface area contributed by atoms with Crippen LogP contribution in [-0.2, 0) is 0 Å². The molecule has 0 saturated carbocycles. The molecule has 0 aliphatic heterocycles. The van der Waals surface area contributed by atoms with Crippen LogP contribution in [0.15, 0.2) is 18.2 Å². The Balaban J connectivity index is 2.74. The van der Waals surface area contributed by atoms with Gasteiger partial charge in [-0.15, -0.1) is 0 Å². The maximum Gasteiger partial charge on any atom is 0.251 e. The molecule has 0 aliphatic carbocycles. The van der Waals surface area contributed by atoms with E-state index < -0.39 is 6.10 Å². The summed E-state index contributed by atoms with van der Waals surface area (Å²) in [6, 6.07) is 5.07. The maximum atomic E-state index is 11.6. The smallest absolute Gasteiger partial charge is 0.251 e. The van der Waals surface area contributed by atoms with Gasteiger partial charge in [0.15, 0.2) is 0 Å². The Bertz CT molecular complexity index is 445. The summed E-state index contributed by atoms with van der Waals surface area (Å²) in [6.07, 6.45) is 1.45. The fraction of sp³-hybridized carbons (Fsp3) is 0.533. The van der Waals surface area contributed by atoms with Crippen molar-refractivity contribution in [2.24, 2.45) is 5.92 Å². The number of aliphatic hydroxyl groups excluding tert-OH is 1. The van der Waals surface area contributed by atoms with Crippen molar-refractivity contribution in [3.05, 3.63) is 23.8 Å². The first-order chi connectivity index (χ1) is 9.53. The highest BCUT2D eigenvalue weighted by molar-refractivity contribution is 5.96. The Morgan fingerprint density at radius 3 is 2.55 bits per heavy atom. The van der Waals surface area contributed by atoms with E-state index in [9.17, 15) is 9.90 Å². The van der Waals surface area contributed by atoms with Gasteiger partial charge in [-0.25, -0.2) is 0 Å². The van der Waals surface area contributed by atoms with Crippen LogP contribution in [0.1, 0.15) is 37.0 Å². The van der Waals surface area contributed by atoms with Crippen LogP contribution in [-0.4, -0.2) is 30.7 Å².